The fraction of sp³-hybridized carbons (Fsp3) is 0.350. The molecule has 29 heavy (non-hydrogen) atoms. The van der Waals surface area contributed by atoms with Crippen LogP contribution >= 0.6 is 0 Å². The molecule has 0 aliphatic heterocycles. The zero-order chi connectivity index (χ0) is 21.1. The van der Waals surface area contributed by atoms with Gasteiger partial charge < -0.3 is 20.1 Å². The summed E-state index contributed by atoms with van der Waals surface area (Å²) in [5, 5.41) is 6.41. The maximum atomic E-state index is 12.3. The predicted octanol–water partition coefficient (Wildman–Crippen LogP) is 1.49. The molecule has 0 amide bonds. The van der Waals surface area contributed by atoms with Crippen LogP contribution in [0.2, 0.25) is 0 Å². The first-order valence-corrected chi connectivity index (χ1v) is 10.6. The number of hydrogen-bond donors (Lipinski definition) is 3. The Bertz CT molecular complexity index is 899. The second-order valence-corrected chi connectivity index (χ2v) is 7.93. The maximum Gasteiger partial charge on any atom is 0.240 e. The highest BCUT2D eigenvalue weighted by Gasteiger charge is 2.13. The highest BCUT2D eigenvalue weighted by Crippen LogP contribution is 2.12. The largest absolute Gasteiger partial charge is 0.497 e. The van der Waals surface area contributed by atoms with Gasteiger partial charge in [0.25, 0.3) is 0 Å². The van der Waals surface area contributed by atoms with Crippen LogP contribution in [0.25, 0.3) is 0 Å². The van der Waals surface area contributed by atoms with Crippen LogP contribution in [-0.2, 0) is 27.8 Å². The van der Waals surface area contributed by atoms with Crippen molar-refractivity contribution in [1.29, 1.82) is 0 Å². The van der Waals surface area contributed by atoms with Crippen molar-refractivity contribution in [3.63, 3.8) is 0 Å². The van der Waals surface area contributed by atoms with Gasteiger partial charge in [-0.3, -0.25) is 4.99 Å². The molecule has 2 rings (SSSR count). The van der Waals surface area contributed by atoms with E-state index in [2.05, 4.69) is 20.3 Å². The van der Waals surface area contributed by atoms with Crippen molar-refractivity contribution in [2.45, 2.75) is 18.0 Å². The highest BCUT2D eigenvalue weighted by molar-refractivity contribution is 7.89. The van der Waals surface area contributed by atoms with Gasteiger partial charge in [-0.05, 0) is 35.4 Å². The average molecular weight is 421 g/mol. The normalized spacial score (nSPS) is 11.9. The van der Waals surface area contributed by atoms with Crippen molar-refractivity contribution in [3.05, 3.63) is 59.7 Å². The summed E-state index contributed by atoms with van der Waals surface area (Å²) in [5.41, 5.74) is 1.91. The minimum absolute atomic E-state index is 0.217. The van der Waals surface area contributed by atoms with Gasteiger partial charge in [0.15, 0.2) is 5.96 Å². The van der Waals surface area contributed by atoms with E-state index in [0.717, 1.165) is 16.9 Å². The minimum Gasteiger partial charge on any atom is -0.497 e. The molecule has 0 spiro atoms. The lowest BCUT2D eigenvalue weighted by molar-refractivity contribution is 0.204. The van der Waals surface area contributed by atoms with Crippen LogP contribution in [0.1, 0.15) is 11.1 Å². The lowest BCUT2D eigenvalue weighted by atomic mass is 10.2. The van der Waals surface area contributed by atoms with E-state index in [9.17, 15) is 8.42 Å². The summed E-state index contributed by atoms with van der Waals surface area (Å²) < 4.78 is 37.2. The van der Waals surface area contributed by atoms with E-state index in [1.54, 1.807) is 32.4 Å². The number of aliphatic imine (C=N–C) groups is 1. The Balaban J connectivity index is 1.91. The third kappa shape index (κ3) is 7.37. The van der Waals surface area contributed by atoms with E-state index in [1.165, 1.54) is 7.11 Å². The lowest BCUT2D eigenvalue weighted by Crippen LogP contribution is -2.36. The monoisotopic (exact) mass is 420 g/mol. The molecular formula is C20H28N4O4S. The Kier molecular flexibility index (Phi) is 8.91. The number of rotatable bonds is 10. The third-order valence-electron chi connectivity index (χ3n) is 4.11. The zero-order valence-corrected chi connectivity index (χ0v) is 17.8. The van der Waals surface area contributed by atoms with Gasteiger partial charge in [-0.1, -0.05) is 24.3 Å². The molecule has 158 valence electrons. The molecule has 0 aliphatic rings. The first-order valence-electron chi connectivity index (χ1n) is 9.13. The number of hydrogen-bond acceptors (Lipinski definition) is 5. The van der Waals surface area contributed by atoms with Crippen LogP contribution in [-0.4, -0.2) is 48.8 Å². The number of ether oxygens (including phenoxy) is 2. The van der Waals surface area contributed by atoms with E-state index in [0.29, 0.717) is 25.7 Å². The van der Waals surface area contributed by atoms with Crippen molar-refractivity contribution in [2.75, 3.05) is 34.4 Å². The van der Waals surface area contributed by atoms with Crippen LogP contribution in [0, 0.1) is 0 Å². The zero-order valence-electron chi connectivity index (χ0n) is 16.9. The van der Waals surface area contributed by atoms with Crippen molar-refractivity contribution < 1.29 is 17.9 Å². The Morgan fingerprint density at radius 1 is 1.00 bits per heavy atom. The van der Waals surface area contributed by atoms with Crippen LogP contribution in [0.5, 0.6) is 5.75 Å². The van der Waals surface area contributed by atoms with E-state index in [1.807, 2.05) is 30.3 Å². The first-order chi connectivity index (χ1) is 14.0. The summed E-state index contributed by atoms with van der Waals surface area (Å²) in [6, 6.07) is 14.5. The number of methoxy groups -OCH3 is 2. The summed E-state index contributed by atoms with van der Waals surface area (Å²) in [5.74, 6) is 1.43. The van der Waals surface area contributed by atoms with Crippen molar-refractivity contribution in [3.8, 4) is 5.75 Å². The molecule has 0 atom stereocenters. The fourth-order valence-electron chi connectivity index (χ4n) is 2.52. The second-order valence-electron chi connectivity index (χ2n) is 6.17. The van der Waals surface area contributed by atoms with Gasteiger partial charge in [-0.2, -0.15) is 0 Å². The van der Waals surface area contributed by atoms with Crippen molar-refractivity contribution >= 4 is 16.0 Å². The quantitative estimate of drug-likeness (QED) is 0.306. The first kappa shape index (κ1) is 22.7. The van der Waals surface area contributed by atoms with Gasteiger partial charge in [-0.25, -0.2) is 13.1 Å². The Morgan fingerprint density at radius 2 is 1.69 bits per heavy atom. The molecule has 9 heteroatoms. The molecule has 0 bridgehead atoms. The molecule has 0 aliphatic carbocycles. The Hall–Kier alpha value is -2.62. The summed E-state index contributed by atoms with van der Waals surface area (Å²) in [4.78, 5) is 4.41. The second kappa shape index (κ2) is 11.4. The van der Waals surface area contributed by atoms with Crippen LogP contribution in [0.4, 0.5) is 0 Å². The summed E-state index contributed by atoms with van der Waals surface area (Å²) >= 11 is 0. The van der Waals surface area contributed by atoms with E-state index in [-0.39, 0.29) is 11.4 Å². The van der Waals surface area contributed by atoms with Crippen molar-refractivity contribution in [1.82, 2.24) is 15.4 Å². The lowest BCUT2D eigenvalue weighted by Gasteiger charge is -2.13. The van der Waals surface area contributed by atoms with Gasteiger partial charge in [-0.15, -0.1) is 0 Å². The highest BCUT2D eigenvalue weighted by atomic mass is 32.2. The summed E-state index contributed by atoms with van der Waals surface area (Å²) in [6.07, 6.45) is 0. The van der Waals surface area contributed by atoms with Gasteiger partial charge in [0.1, 0.15) is 5.75 Å². The molecule has 0 aromatic heterocycles. The number of nitrogens with one attached hydrogen (secondary N) is 3. The number of guanidine groups is 1. The minimum atomic E-state index is -3.57. The number of sulfonamides is 1. The summed E-state index contributed by atoms with van der Waals surface area (Å²) in [6.45, 7) is 1.57. The standard InChI is InChI=1S/C20H28N4O4S/c1-21-20(22-14-16-7-9-18(28-3)10-8-16)23-15-17-5-4-6-19(13-17)29(25,26)24-11-12-27-2/h4-10,13,24H,11-12,14-15H2,1-3H3,(H2,21,22,23). The fourth-order valence-corrected chi connectivity index (χ4v) is 3.60. The molecule has 3 N–H and O–H groups in total. The van der Waals surface area contributed by atoms with Crippen LogP contribution < -0.4 is 20.1 Å². The van der Waals surface area contributed by atoms with Gasteiger partial charge in [0.2, 0.25) is 10.0 Å². The number of benzene rings is 2. The average Bonchev–Trinajstić information content (AvgIpc) is 2.74. The smallest absolute Gasteiger partial charge is 0.240 e. The van der Waals surface area contributed by atoms with Crippen LogP contribution in [0.15, 0.2) is 58.4 Å². The molecule has 0 fully saturated rings. The van der Waals surface area contributed by atoms with Gasteiger partial charge in [0.05, 0.1) is 18.6 Å². The third-order valence-corrected chi connectivity index (χ3v) is 5.57. The Labute approximate surface area is 172 Å². The molecule has 0 unspecified atom stereocenters. The topological polar surface area (TPSA) is 101 Å². The van der Waals surface area contributed by atoms with E-state index < -0.39 is 10.0 Å². The Morgan fingerprint density at radius 3 is 2.31 bits per heavy atom. The van der Waals surface area contributed by atoms with Crippen LogP contribution in [0.3, 0.4) is 0 Å². The summed E-state index contributed by atoms with van der Waals surface area (Å²) in [7, 11) is 1.28. The van der Waals surface area contributed by atoms with Gasteiger partial charge >= 0.3 is 0 Å². The predicted molar refractivity (Wildman–Crippen MR) is 114 cm³/mol. The molecule has 0 heterocycles. The molecule has 0 radical (unpaired) electrons. The molecule has 8 nitrogen and oxygen atoms in total. The number of nitrogens with zero attached hydrogens (tertiary/aromatic N) is 1. The van der Waals surface area contributed by atoms with Crippen molar-refractivity contribution in [2.24, 2.45) is 4.99 Å². The maximum absolute atomic E-state index is 12.3. The molecular weight excluding hydrogens is 392 g/mol. The van der Waals surface area contributed by atoms with E-state index in [4.69, 9.17) is 9.47 Å². The van der Waals surface area contributed by atoms with Gasteiger partial charge in [0, 0.05) is 33.8 Å². The molecule has 2 aromatic carbocycles. The molecule has 0 saturated heterocycles. The molecule has 2 aromatic rings. The SMILES string of the molecule is CN=C(NCc1ccc(OC)cc1)NCc1cccc(S(=O)(=O)NCCOC)c1. The van der Waals surface area contributed by atoms with E-state index >= 15 is 0 Å². The molecule has 0 saturated carbocycles.